The van der Waals surface area contributed by atoms with Crippen LogP contribution in [-0.4, -0.2) is 23.5 Å². The first-order chi connectivity index (χ1) is 15.7. The predicted molar refractivity (Wildman–Crippen MR) is 128 cm³/mol. The van der Waals surface area contributed by atoms with Gasteiger partial charge in [0.15, 0.2) is 0 Å². The van der Waals surface area contributed by atoms with Crippen molar-refractivity contribution in [2.45, 2.75) is 20.8 Å². The Labute approximate surface area is 196 Å². The fraction of sp³-hybridized carbons (Fsp3) is 0.120. The van der Waals surface area contributed by atoms with Crippen molar-refractivity contribution in [2.75, 3.05) is 5.32 Å². The van der Waals surface area contributed by atoms with Crippen LogP contribution in [0.2, 0.25) is 5.02 Å². The summed E-state index contributed by atoms with van der Waals surface area (Å²) in [6, 6.07) is 18.6. The molecule has 3 aromatic rings. The van der Waals surface area contributed by atoms with E-state index in [0.29, 0.717) is 27.5 Å². The molecule has 0 aromatic heterocycles. The van der Waals surface area contributed by atoms with Crippen molar-refractivity contribution >= 4 is 40.8 Å². The summed E-state index contributed by atoms with van der Waals surface area (Å²) in [5.41, 5.74) is 5.77. The van der Waals surface area contributed by atoms with Gasteiger partial charge in [0.2, 0.25) is 0 Å². The molecule has 0 bridgehead atoms. The number of carbonyl (C=O) groups excluding carboxylic acids is 3. The number of esters is 1. The summed E-state index contributed by atoms with van der Waals surface area (Å²) < 4.78 is 5.49. The number of amides is 2. The van der Waals surface area contributed by atoms with E-state index in [9.17, 15) is 14.4 Å². The highest BCUT2D eigenvalue weighted by atomic mass is 35.5. The first kappa shape index (κ1) is 23.7. The smallest absolute Gasteiger partial charge is 0.343 e. The van der Waals surface area contributed by atoms with Crippen LogP contribution in [-0.2, 0) is 9.59 Å². The molecule has 0 radical (unpaired) electrons. The van der Waals surface area contributed by atoms with Crippen LogP contribution in [0.15, 0.2) is 71.8 Å². The molecule has 0 fully saturated rings. The van der Waals surface area contributed by atoms with Gasteiger partial charge in [0.05, 0.1) is 11.3 Å². The van der Waals surface area contributed by atoms with Gasteiger partial charge < -0.3 is 10.1 Å². The number of rotatable bonds is 5. The standard InChI is InChI=1S/C25H22ClN3O4/c1-15-11-12-21(16(2)13-15)27-23(30)24(31)29-28-17(3)20-9-4-5-10-22(20)33-25(32)18-7-6-8-19(26)14-18/h4-14H,1-3H3,(H,27,30)(H,29,31). The third-order valence-electron chi connectivity index (χ3n) is 4.70. The third kappa shape index (κ3) is 6.27. The summed E-state index contributed by atoms with van der Waals surface area (Å²) in [5, 5.41) is 6.97. The molecule has 2 N–H and O–H groups in total. The minimum atomic E-state index is -0.928. The molecule has 3 aromatic carbocycles. The summed E-state index contributed by atoms with van der Waals surface area (Å²) in [6.45, 7) is 5.39. The van der Waals surface area contributed by atoms with E-state index >= 15 is 0 Å². The Morgan fingerprint density at radius 1 is 0.909 bits per heavy atom. The van der Waals surface area contributed by atoms with Crippen molar-refractivity contribution < 1.29 is 19.1 Å². The molecule has 168 valence electrons. The zero-order valence-corrected chi connectivity index (χ0v) is 19.1. The number of benzene rings is 3. The summed E-state index contributed by atoms with van der Waals surface area (Å²) in [5.74, 6) is -2.12. The zero-order valence-electron chi connectivity index (χ0n) is 18.3. The van der Waals surface area contributed by atoms with Gasteiger partial charge in [-0.15, -0.1) is 0 Å². The maximum atomic E-state index is 12.5. The highest BCUT2D eigenvalue weighted by molar-refractivity contribution is 6.39. The van der Waals surface area contributed by atoms with Crippen molar-refractivity contribution in [2.24, 2.45) is 5.10 Å². The van der Waals surface area contributed by atoms with Gasteiger partial charge in [-0.05, 0) is 62.7 Å². The zero-order chi connectivity index (χ0) is 24.0. The fourth-order valence-electron chi connectivity index (χ4n) is 3.01. The Morgan fingerprint density at radius 3 is 2.39 bits per heavy atom. The number of halogens is 1. The summed E-state index contributed by atoms with van der Waals surface area (Å²) >= 11 is 5.94. The number of nitrogens with one attached hydrogen (secondary N) is 2. The number of aryl methyl sites for hydroxylation is 2. The number of ether oxygens (including phenoxy) is 1. The molecule has 0 aliphatic heterocycles. The molecule has 0 saturated heterocycles. The topological polar surface area (TPSA) is 96.9 Å². The fourth-order valence-corrected chi connectivity index (χ4v) is 3.20. The lowest BCUT2D eigenvalue weighted by Crippen LogP contribution is -2.33. The van der Waals surface area contributed by atoms with Crippen molar-refractivity contribution in [3.05, 3.63) is 94.0 Å². The lowest BCUT2D eigenvalue weighted by atomic mass is 10.1. The second-order valence-corrected chi connectivity index (χ2v) is 7.74. The molecule has 3 rings (SSSR count). The lowest BCUT2D eigenvalue weighted by molar-refractivity contribution is -0.136. The molecule has 7 nitrogen and oxygen atoms in total. The number of para-hydroxylation sites is 1. The van der Waals surface area contributed by atoms with Gasteiger partial charge in [-0.2, -0.15) is 5.10 Å². The van der Waals surface area contributed by atoms with Crippen LogP contribution in [0, 0.1) is 13.8 Å². The van der Waals surface area contributed by atoms with E-state index in [2.05, 4.69) is 15.8 Å². The molecule has 8 heteroatoms. The van der Waals surface area contributed by atoms with Gasteiger partial charge in [-0.3, -0.25) is 9.59 Å². The predicted octanol–water partition coefficient (Wildman–Crippen LogP) is 4.65. The average Bonchev–Trinajstić information content (AvgIpc) is 2.79. The second-order valence-electron chi connectivity index (χ2n) is 7.31. The van der Waals surface area contributed by atoms with E-state index < -0.39 is 17.8 Å². The van der Waals surface area contributed by atoms with Gasteiger partial charge >= 0.3 is 17.8 Å². The Bertz CT molecular complexity index is 1250. The number of carbonyl (C=O) groups is 3. The summed E-state index contributed by atoms with van der Waals surface area (Å²) in [4.78, 5) is 36.9. The highest BCUT2D eigenvalue weighted by Crippen LogP contribution is 2.21. The number of hydrogen-bond acceptors (Lipinski definition) is 5. The number of hydrazone groups is 1. The maximum Gasteiger partial charge on any atom is 0.343 e. The quantitative estimate of drug-likeness (QED) is 0.189. The minimum absolute atomic E-state index is 0.248. The Hall–Kier alpha value is -3.97. The SMILES string of the molecule is CC(=NNC(=O)C(=O)Nc1ccc(C)cc1C)c1ccccc1OC(=O)c1cccc(Cl)c1. The van der Waals surface area contributed by atoms with Gasteiger partial charge in [-0.25, -0.2) is 10.2 Å². The van der Waals surface area contributed by atoms with Crippen molar-refractivity contribution in [1.82, 2.24) is 5.43 Å². The van der Waals surface area contributed by atoms with E-state index in [-0.39, 0.29) is 5.75 Å². The van der Waals surface area contributed by atoms with E-state index in [1.165, 1.54) is 6.07 Å². The van der Waals surface area contributed by atoms with Gasteiger partial charge in [0.1, 0.15) is 5.75 Å². The maximum absolute atomic E-state index is 12.5. The third-order valence-corrected chi connectivity index (χ3v) is 4.94. The molecule has 0 aliphatic rings. The van der Waals surface area contributed by atoms with Gasteiger partial charge in [0, 0.05) is 16.3 Å². The first-order valence-electron chi connectivity index (χ1n) is 10.0. The van der Waals surface area contributed by atoms with Crippen LogP contribution in [0.4, 0.5) is 5.69 Å². The average molecular weight is 464 g/mol. The van der Waals surface area contributed by atoms with Crippen LogP contribution in [0.25, 0.3) is 0 Å². The molecule has 0 saturated carbocycles. The van der Waals surface area contributed by atoms with Crippen LogP contribution in [0.1, 0.15) is 34.0 Å². The molecule has 2 amide bonds. The molecular formula is C25H22ClN3O4. The van der Waals surface area contributed by atoms with Crippen molar-refractivity contribution in [3.8, 4) is 5.75 Å². The van der Waals surface area contributed by atoms with E-state index in [1.54, 1.807) is 55.5 Å². The molecule has 33 heavy (non-hydrogen) atoms. The van der Waals surface area contributed by atoms with E-state index in [0.717, 1.165) is 11.1 Å². The summed E-state index contributed by atoms with van der Waals surface area (Å²) in [7, 11) is 0. The number of anilines is 1. The normalized spacial score (nSPS) is 11.0. The van der Waals surface area contributed by atoms with Crippen LogP contribution >= 0.6 is 11.6 Å². The van der Waals surface area contributed by atoms with Crippen LogP contribution in [0.5, 0.6) is 5.75 Å². The molecule has 0 unspecified atom stereocenters. The van der Waals surface area contributed by atoms with Crippen molar-refractivity contribution in [1.29, 1.82) is 0 Å². The largest absolute Gasteiger partial charge is 0.422 e. The van der Waals surface area contributed by atoms with Crippen LogP contribution < -0.4 is 15.5 Å². The Kier molecular flexibility index (Phi) is 7.58. The molecule has 0 aliphatic carbocycles. The highest BCUT2D eigenvalue weighted by Gasteiger charge is 2.16. The number of nitrogens with zero attached hydrogens (tertiary/aromatic N) is 1. The van der Waals surface area contributed by atoms with Gasteiger partial charge in [-0.1, -0.05) is 47.5 Å². The molecular weight excluding hydrogens is 442 g/mol. The van der Waals surface area contributed by atoms with E-state index in [1.807, 2.05) is 26.0 Å². The lowest BCUT2D eigenvalue weighted by Gasteiger charge is -2.11. The van der Waals surface area contributed by atoms with Gasteiger partial charge in [0.25, 0.3) is 0 Å². The minimum Gasteiger partial charge on any atom is -0.422 e. The molecule has 0 atom stereocenters. The molecule has 0 heterocycles. The first-order valence-corrected chi connectivity index (χ1v) is 10.4. The Balaban J connectivity index is 1.69. The summed E-state index contributed by atoms with van der Waals surface area (Å²) in [6.07, 6.45) is 0. The Morgan fingerprint density at radius 2 is 1.67 bits per heavy atom. The number of hydrogen-bond donors (Lipinski definition) is 2. The molecule has 0 spiro atoms. The van der Waals surface area contributed by atoms with E-state index in [4.69, 9.17) is 16.3 Å². The van der Waals surface area contributed by atoms with Crippen LogP contribution in [0.3, 0.4) is 0 Å². The van der Waals surface area contributed by atoms with Crippen molar-refractivity contribution in [3.63, 3.8) is 0 Å². The second kappa shape index (κ2) is 10.6. The monoisotopic (exact) mass is 463 g/mol.